The number of nitrogens with zero attached hydrogens (tertiary/aromatic N) is 3. The van der Waals surface area contributed by atoms with E-state index in [2.05, 4.69) is 19.9 Å². The second-order valence-electron chi connectivity index (χ2n) is 1.86. The van der Waals surface area contributed by atoms with Gasteiger partial charge in [-0.2, -0.15) is 0 Å². The van der Waals surface area contributed by atoms with Gasteiger partial charge < -0.3 is 16.2 Å². The first-order chi connectivity index (χ1) is 4.88. The fourth-order valence-electron chi connectivity index (χ4n) is 0.784. The maximum atomic E-state index is 5.48. The third kappa shape index (κ3) is 1.51. The van der Waals surface area contributed by atoms with Gasteiger partial charge in [0.15, 0.2) is 11.5 Å². The molecule has 0 unspecified atom stereocenters. The van der Waals surface area contributed by atoms with Crippen molar-refractivity contribution in [1.82, 2.24) is 19.9 Å². The van der Waals surface area contributed by atoms with Crippen molar-refractivity contribution in [2.24, 2.45) is 0 Å². The average Bonchev–Trinajstić information content (AvgIpc) is 2.36. The highest BCUT2D eigenvalue weighted by Gasteiger charge is 1.99. The van der Waals surface area contributed by atoms with Crippen LogP contribution in [0.4, 0.5) is 5.82 Å². The molecule has 0 aliphatic heterocycles. The van der Waals surface area contributed by atoms with E-state index in [0.717, 1.165) is 0 Å². The average molecular weight is 234 g/mol. The van der Waals surface area contributed by atoms with Crippen LogP contribution in [0.3, 0.4) is 0 Å². The first-order valence-electron chi connectivity index (χ1n) is 2.77. The molecule has 0 saturated carbocycles. The van der Waals surface area contributed by atoms with Crippen LogP contribution in [-0.2, 0) is 0 Å². The summed E-state index contributed by atoms with van der Waals surface area (Å²) in [5.74, 6) is 0.433. The Morgan fingerprint density at radius 2 is 2.00 bits per heavy atom. The van der Waals surface area contributed by atoms with E-state index in [4.69, 9.17) is 5.73 Å². The standard InChI is InChI=1S/C5H5N5.BrH.H2O/c6-4-3-5(9-1-7-3)10-2-8-4;;/h1-2H,(H3,6,7,8,9,10);1H;1H2. The maximum absolute atomic E-state index is 5.48. The zero-order valence-electron chi connectivity index (χ0n) is 5.98. The summed E-state index contributed by atoms with van der Waals surface area (Å²) in [6, 6.07) is 0. The lowest BCUT2D eigenvalue weighted by Gasteiger charge is -1.89. The summed E-state index contributed by atoms with van der Waals surface area (Å²) >= 11 is 0. The molecule has 5 N–H and O–H groups in total. The molecule has 0 saturated heterocycles. The number of anilines is 1. The number of aromatic nitrogens is 4. The highest BCUT2D eigenvalue weighted by atomic mass is 79.9. The Balaban J connectivity index is 0.000000605. The number of rotatable bonds is 0. The van der Waals surface area contributed by atoms with E-state index in [0.29, 0.717) is 17.0 Å². The van der Waals surface area contributed by atoms with Gasteiger partial charge in [-0.25, -0.2) is 15.0 Å². The van der Waals surface area contributed by atoms with Gasteiger partial charge >= 0.3 is 0 Å². The molecule has 66 valence electrons. The minimum atomic E-state index is 0. The van der Waals surface area contributed by atoms with Crippen molar-refractivity contribution in [2.75, 3.05) is 5.73 Å². The summed E-state index contributed by atoms with van der Waals surface area (Å²) in [4.78, 5) is 14.4. The third-order valence-electron chi connectivity index (χ3n) is 1.25. The Kier molecular flexibility index (Phi) is 3.58. The lowest BCUT2D eigenvalue weighted by Crippen LogP contribution is -1.91. The molecule has 0 amide bonds. The molecule has 12 heavy (non-hydrogen) atoms. The minimum Gasteiger partial charge on any atom is -0.412 e. The van der Waals surface area contributed by atoms with Gasteiger partial charge in [0.25, 0.3) is 0 Å². The highest BCUT2D eigenvalue weighted by molar-refractivity contribution is 8.93. The molecule has 0 aromatic carbocycles. The van der Waals surface area contributed by atoms with Gasteiger partial charge in [-0.3, -0.25) is 0 Å². The van der Waals surface area contributed by atoms with E-state index in [1.807, 2.05) is 0 Å². The lowest BCUT2D eigenvalue weighted by atomic mass is 10.5. The molecule has 2 aromatic rings. The van der Waals surface area contributed by atoms with Crippen LogP contribution in [0.15, 0.2) is 12.7 Å². The summed E-state index contributed by atoms with van der Waals surface area (Å²) in [5, 5.41) is 0. The summed E-state index contributed by atoms with van der Waals surface area (Å²) in [6.07, 6.45) is 2.92. The van der Waals surface area contributed by atoms with Crippen molar-refractivity contribution in [2.45, 2.75) is 0 Å². The van der Waals surface area contributed by atoms with Crippen LogP contribution in [0.5, 0.6) is 0 Å². The van der Waals surface area contributed by atoms with Crippen molar-refractivity contribution < 1.29 is 5.48 Å². The second kappa shape index (κ2) is 3.98. The quantitative estimate of drug-likeness (QED) is 0.650. The van der Waals surface area contributed by atoms with Crippen LogP contribution < -0.4 is 5.73 Å². The smallest absolute Gasteiger partial charge is 0.182 e. The molecular formula is C5H8BrN5O. The van der Waals surface area contributed by atoms with Crippen LogP contribution in [0, 0.1) is 0 Å². The van der Waals surface area contributed by atoms with E-state index in [-0.39, 0.29) is 22.5 Å². The van der Waals surface area contributed by atoms with Crippen molar-refractivity contribution in [1.29, 1.82) is 0 Å². The fraction of sp³-hybridized carbons (Fsp3) is 0. The first kappa shape index (κ1) is 10.8. The molecule has 0 atom stereocenters. The van der Waals surface area contributed by atoms with Gasteiger partial charge in [0.05, 0.1) is 6.33 Å². The number of H-pyrrole nitrogens is 1. The predicted molar refractivity (Wildman–Crippen MR) is 50.0 cm³/mol. The lowest BCUT2D eigenvalue weighted by molar-refractivity contribution is 0.824. The molecule has 0 aliphatic carbocycles. The molecule has 2 aromatic heterocycles. The molecule has 0 radical (unpaired) electrons. The van der Waals surface area contributed by atoms with Gasteiger partial charge in [-0.05, 0) is 0 Å². The number of hydrogen-bond acceptors (Lipinski definition) is 4. The van der Waals surface area contributed by atoms with Gasteiger partial charge in [-0.15, -0.1) is 17.0 Å². The minimum absolute atomic E-state index is 0. The number of imidazole rings is 1. The van der Waals surface area contributed by atoms with Crippen LogP contribution in [0.25, 0.3) is 11.2 Å². The molecule has 6 nitrogen and oxygen atoms in total. The van der Waals surface area contributed by atoms with Gasteiger partial charge in [-0.1, -0.05) is 0 Å². The zero-order valence-corrected chi connectivity index (χ0v) is 7.70. The second-order valence-corrected chi connectivity index (χ2v) is 1.86. The number of nitrogen functional groups attached to an aromatic ring is 1. The van der Waals surface area contributed by atoms with E-state index in [9.17, 15) is 0 Å². The first-order valence-corrected chi connectivity index (χ1v) is 2.77. The topological polar surface area (TPSA) is 112 Å². The van der Waals surface area contributed by atoms with Crippen LogP contribution >= 0.6 is 17.0 Å². The van der Waals surface area contributed by atoms with Crippen LogP contribution in [0.1, 0.15) is 0 Å². The van der Waals surface area contributed by atoms with Crippen molar-refractivity contribution >= 4 is 34.0 Å². The van der Waals surface area contributed by atoms with Gasteiger partial charge in [0, 0.05) is 0 Å². The van der Waals surface area contributed by atoms with Crippen molar-refractivity contribution in [3.8, 4) is 0 Å². The predicted octanol–water partition coefficient (Wildman–Crippen LogP) is -0.312. The van der Waals surface area contributed by atoms with E-state index < -0.39 is 0 Å². The summed E-state index contributed by atoms with van der Waals surface area (Å²) in [7, 11) is 0. The summed E-state index contributed by atoms with van der Waals surface area (Å²) in [5.41, 5.74) is 6.78. The molecule has 2 heterocycles. The number of halogens is 1. The summed E-state index contributed by atoms with van der Waals surface area (Å²) in [6.45, 7) is 0. The fourth-order valence-corrected chi connectivity index (χ4v) is 0.784. The highest BCUT2D eigenvalue weighted by Crippen LogP contribution is 2.09. The molecule has 2 rings (SSSR count). The molecule has 0 bridgehead atoms. The Bertz CT molecular complexity index is 361. The van der Waals surface area contributed by atoms with Crippen molar-refractivity contribution in [3.05, 3.63) is 12.7 Å². The number of aromatic amines is 1. The van der Waals surface area contributed by atoms with E-state index >= 15 is 0 Å². The van der Waals surface area contributed by atoms with Crippen molar-refractivity contribution in [3.63, 3.8) is 0 Å². The Morgan fingerprint density at radius 1 is 1.25 bits per heavy atom. The molecule has 0 spiro atoms. The largest absolute Gasteiger partial charge is 0.412 e. The van der Waals surface area contributed by atoms with Crippen LogP contribution in [-0.4, -0.2) is 25.4 Å². The third-order valence-corrected chi connectivity index (χ3v) is 1.25. The maximum Gasteiger partial charge on any atom is 0.182 e. The zero-order chi connectivity index (χ0) is 6.97. The summed E-state index contributed by atoms with van der Waals surface area (Å²) < 4.78 is 0. The molecule has 7 heteroatoms. The van der Waals surface area contributed by atoms with Gasteiger partial charge in [0.1, 0.15) is 11.8 Å². The monoisotopic (exact) mass is 233 g/mol. The van der Waals surface area contributed by atoms with Gasteiger partial charge in [0.2, 0.25) is 0 Å². The normalized spacial score (nSPS) is 8.67. The van der Waals surface area contributed by atoms with E-state index in [1.165, 1.54) is 12.7 Å². The number of nitrogens with one attached hydrogen (secondary N) is 1. The molecular weight excluding hydrogens is 226 g/mol. The molecule has 0 aliphatic rings. The Hall–Kier alpha value is -1.21. The Labute approximate surface area is 78.3 Å². The SMILES string of the molecule is Br.Nc1ncnc2nc[nH]c12.O. The number of hydrogen-bond donors (Lipinski definition) is 2. The molecule has 0 fully saturated rings. The van der Waals surface area contributed by atoms with Crippen LogP contribution in [0.2, 0.25) is 0 Å². The number of fused-ring (bicyclic) bond motifs is 1. The van der Waals surface area contributed by atoms with E-state index in [1.54, 1.807) is 0 Å². The Morgan fingerprint density at radius 3 is 2.67 bits per heavy atom. The number of nitrogens with two attached hydrogens (primary N) is 1.